The van der Waals surface area contributed by atoms with Crippen molar-refractivity contribution in [3.05, 3.63) is 0 Å². The van der Waals surface area contributed by atoms with E-state index in [0.717, 1.165) is 31.8 Å². The first-order chi connectivity index (χ1) is 7.15. The topological polar surface area (TPSA) is 46.3 Å². The Balaban J connectivity index is 2.42. The molecule has 2 N–H and O–H groups in total. The van der Waals surface area contributed by atoms with Crippen LogP contribution >= 0.6 is 0 Å². The largest absolute Gasteiger partial charge is 0.341 e. The number of hydrogen-bond donors (Lipinski definition) is 1. The maximum absolute atomic E-state index is 11.7. The Morgan fingerprint density at radius 1 is 1.47 bits per heavy atom. The molecule has 1 heterocycles. The van der Waals surface area contributed by atoms with Crippen molar-refractivity contribution >= 4 is 5.91 Å². The Hall–Kier alpha value is -0.570. The fourth-order valence-electron chi connectivity index (χ4n) is 2.37. The number of carbonyl (C=O) groups is 1. The minimum absolute atomic E-state index is 0.118. The van der Waals surface area contributed by atoms with Crippen LogP contribution in [0.5, 0.6) is 0 Å². The highest BCUT2D eigenvalue weighted by Gasteiger charge is 2.21. The van der Waals surface area contributed by atoms with E-state index in [-0.39, 0.29) is 11.9 Å². The van der Waals surface area contributed by atoms with Crippen molar-refractivity contribution in [3.63, 3.8) is 0 Å². The van der Waals surface area contributed by atoms with Gasteiger partial charge in [-0.15, -0.1) is 0 Å². The zero-order valence-corrected chi connectivity index (χ0v) is 10.0. The van der Waals surface area contributed by atoms with Gasteiger partial charge in [-0.3, -0.25) is 4.79 Å². The van der Waals surface area contributed by atoms with Gasteiger partial charge in [-0.25, -0.2) is 0 Å². The van der Waals surface area contributed by atoms with Gasteiger partial charge in [0.1, 0.15) is 0 Å². The number of rotatable bonds is 3. The molecular weight excluding hydrogens is 188 g/mol. The number of likely N-dealkylation sites (tertiary alicyclic amines) is 1. The second-order valence-corrected chi connectivity index (χ2v) is 4.70. The van der Waals surface area contributed by atoms with E-state index in [1.807, 2.05) is 4.90 Å². The van der Waals surface area contributed by atoms with Crippen molar-refractivity contribution in [1.82, 2.24) is 4.90 Å². The first-order valence-corrected chi connectivity index (χ1v) is 6.19. The molecule has 15 heavy (non-hydrogen) atoms. The smallest absolute Gasteiger partial charge is 0.239 e. The Kier molecular flexibility index (Phi) is 5.09. The molecular formula is C12H24N2O. The third-order valence-electron chi connectivity index (χ3n) is 3.25. The summed E-state index contributed by atoms with van der Waals surface area (Å²) in [5.41, 5.74) is 5.62. The Bertz CT molecular complexity index is 204. The molecule has 1 unspecified atom stereocenters. The molecule has 1 saturated heterocycles. The van der Waals surface area contributed by atoms with Crippen molar-refractivity contribution in [2.75, 3.05) is 13.1 Å². The molecule has 0 aromatic heterocycles. The molecule has 0 spiro atoms. The predicted octanol–water partition coefficient (Wildman–Crippen LogP) is 1.76. The van der Waals surface area contributed by atoms with Crippen LogP contribution in [-0.2, 0) is 4.79 Å². The normalized spacial score (nSPS) is 24.7. The minimum Gasteiger partial charge on any atom is -0.341 e. The maximum atomic E-state index is 11.7. The van der Waals surface area contributed by atoms with Gasteiger partial charge in [0.05, 0.1) is 6.04 Å². The Morgan fingerprint density at radius 3 is 2.80 bits per heavy atom. The van der Waals surface area contributed by atoms with Crippen LogP contribution in [0.1, 0.15) is 46.0 Å². The highest BCUT2D eigenvalue weighted by atomic mass is 16.2. The summed E-state index contributed by atoms with van der Waals surface area (Å²) in [6, 6.07) is -0.340. The summed E-state index contributed by atoms with van der Waals surface area (Å²) in [5, 5.41) is 0. The summed E-state index contributed by atoms with van der Waals surface area (Å²) >= 11 is 0. The van der Waals surface area contributed by atoms with Crippen LogP contribution in [0, 0.1) is 5.92 Å². The number of hydrogen-bond acceptors (Lipinski definition) is 2. The molecule has 1 rings (SSSR count). The predicted molar refractivity (Wildman–Crippen MR) is 62.5 cm³/mol. The summed E-state index contributed by atoms with van der Waals surface area (Å²) < 4.78 is 0. The van der Waals surface area contributed by atoms with E-state index in [2.05, 4.69) is 6.92 Å². The zero-order chi connectivity index (χ0) is 11.3. The lowest BCUT2D eigenvalue weighted by Gasteiger charge is -2.22. The van der Waals surface area contributed by atoms with E-state index < -0.39 is 0 Å². The van der Waals surface area contributed by atoms with Gasteiger partial charge in [0.2, 0.25) is 5.91 Å². The summed E-state index contributed by atoms with van der Waals surface area (Å²) in [7, 11) is 0. The first kappa shape index (κ1) is 12.5. The summed E-state index contributed by atoms with van der Waals surface area (Å²) in [4.78, 5) is 13.7. The molecule has 1 fully saturated rings. The summed E-state index contributed by atoms with van der Waals surface area (Å²) in [6.45, 7) is 5.82. The van der Waals surface area contributed by atoms with Crippen LogP contribution in [0.25, 0.3) is 0 Å². The summed E-state index contributed by atoms with van der Waals surface area (Å²) in [5.74, 6) is 0.938. The molecule has 0 radical (unpaired) electrons. The quantitative estimate of drug-likeness (QED) is 0.775. The van der Waals surface area contributed by atoms with Crippen LogP contribution in [0.15, 0.2) is 0 Å². The van der Waals surface area contributed by atoms with Gasteiger partial charge in [0.15, 0.2) is 0 Å². The monoisotopic (exact) mass is 212 g/mol. The molecule has 0 bridgehead atoms. The van der Waals surface area contributed by atoms with E-state index in [1.54, 1.807) is 6.92 Å². The van der Waals surface area contributed by atoms with Gasteiger partial charge in [0, 0.05) is 13.1 Å². The average Bonchev–Trinajstić information content (AvgIpc) is 2.43. The zero-order valence-electron chi connectivity index (χ0n) is 10.0. The van der Waals surface area contributed by atoms with Crippen LogP contribution in [-0.4, -0.2) is 29.9 Å². The molecule has 0 saturated carbocycles. The lowest BCUT2D eigenvalue weighted by molar-refractivity contribution is -0.132. The van der Waals surface area contributed by atoms with E-state index in [0.29, 0.717) is 0 Å². The van der Waals surface area contributed by atoms with E-state index in [4.69, 9.17) is 5.73 Å². The molecule has 0 aliphatic carbocycles. The van der Waals surface area contributed by atoms with E-state index in [1.165, 1.54) is 19.3 Å². The number of nitrogens with two attached hydrogens (primary N) is 1. The minimum atomic E-state index is -0.340. The van der Waals surface area contributed by atoms with E-state index in [9.17, 15) is 4.79 Å². The second kappa shape index (κ2) is 6.11. The number of carbonyl (C=O) groups excluding carboxylic acids is 1. The Morgan fingerprint density at radius 2 is 2.20 bits per heavy atom. The third-order valence-corrected chi connectivity index (χ3v) is 3.25. The van der Waals surface area contributed by atoms with Crippen molar-refractivity contribution in [3.8, 4) is 0 Å². The molecule has 1 aliphatic heterocycles. The summed E-state index contributed by atoms with van der Waals surface area (Å²) in [6.07, 6.45) is 6.14. The molecule has 3 nitrogen and oxygen atoms in total. The average molecular weight is 212 g/mol. The maximum Gasteiger partial charge on any atom is 0.239 e. The van der Waals surface area contributed by atoms with Crippen LogP contribution in [0.4, 0.5) is 0 Å². The second-order valence-electron chi connectivity index (χ2n) is 4.70. The van der Waals surface area contributed by atoms with Gasteiger partial charge >= 0.3 is 0 Å². The highest BCUT2D eigenvalue weighted by Crippen LogP contribution is 2.21. The van der Waals surface area contributed by atoms with Crippen molar-refractivity contribution in [1.29, 1.82) is 0 Å². The molecule has 1 amide bonds. The van der Waals surface area contributed by atoms with Crippen molar-refractivity contribution in [2.24, 2.45) is 11.7 Å². The molecule has 0 aromatic carbocycles. The van der Waals surface area contributed by atoms with Crippen molar-refractivity contribution < 1.29 is 4.79 Å². The Labute approximate surface area is 93.0 Å². The third kappa shape index (κ3) is 3.82. The van der Waals surface area contributed by atoms with Crippen molar-refractivity contribution in [2.45, 2.75) is 52.0 Å². The fourth-order valence-corrected chi connectivity index (χ4v) is 2.37. The lowest BCUT2D eigenvalue weighted by atomic mass is 9.96. The number of amides is 1. The molecule has 0 aromatic rings. The van der Waals surface area contributed by atoms with Crippen LogP contribution in [0.2, 0.25) is 0 Å². The number of nitrogens with zero attached hydrogens (tertiary/aromatic N) is 1. The van der Waals surface area contributed by atoms with Gasteiger partial charge in [-0.2, -0.15) is 0 Å². The SMILES string of the molecule is CCCC1CCCN(C(=O)[C@@H](C)N)CC1. The molecule has 1 aliphatic rings. The molecule has 3 heteroatoms. The lowest BCUT2D eigenvalue weighted by Crippen LogP contribution is -2.42. The van der Waals surface area contributed by atoms with Gasteiger partial charge in [-0.05, 0) is 32.1 Å². The molecule has 2 atom stereocenters. The van der Waals surface area contributed by atoms with Crippen LogP contribution in [0.3, 0.4) is 0 Å². The van der Waals surface area contributed by atoms with Gasteiger partial charge in [0.25, 0.3) is 0 Å². The molecule has 88 valence electrons. The van der Waals surface area contributed by atoms with Gasteiger partial charge in [-0.1, -0.05) is 19.8 Å². The fraction of sp³-hybridized carbons (Fsp3) is 0.917. The standard InChI is InChI=1S/C12H24N2O/c1-3-5-11-6-4-8-14(9-7-11)12(15)10(2)13/h10-11H,3-9,13H2,1-2H3/t10-,11?/m1/s1. The highest BCUT2D eigenvalue weighted by molar-refractivity contribution is 5.81. The van der Waals surface area contributed by atoms with Gasteiger partial charge < -0.3 is 10.6 Å². The first-order valence-electron chi connectivity index (χ1n) is 6.19. The van der Waals surface area contributed by atoms with E-state index >= 15 is 0 Å². The van der Waals surface area contributed by atoms with Crippen LogP contribution < -0.4 is 5.73 Å².